The second kappa shape index (κ2) is 7.61. The number of fused-ring (bicyclic) bond motifs is 1. The van der Waals surface area contributed by atoms with Crippen LogP contribution in [0, 0.1) is 17.7 Å². The Labute approximate surface area is 165 Å². The molecule has 0 spiro atoms. The number of carbonyl (C=O) groups excluding carboxylic acids is 1. The smallest absolute Gasteiger partial charge is 0.306 e. The number of halogens is 4. The second-order valence-corrected chi connectivity index (χ2v) is 7.68. The first kappa shape index (κ1) is 19.6. The molecule has 0 bridgehead atoms. The fraction of sp³-hybridized carbons (Fsp3) is 0.364. The van der Waals surface area contributed by atoms with Crippen molar-refractivity contribution in [3.8, 4) is 0 Å². The van der Waals surface area contributed by atoms with Gasteiger partial charge in [0.2, 0.25) is 0 Å². The van der Waals surface area contributed by atoms with Crippen molar-refractivity contribution in [2.24, 2.45) is 11.8 Å². The van der Waals surface area contributed by atoms with Gasteiger partial charge in [0.15, 0.2) is 0 Å². The molecule has 2 atom stereocenters. The standard InChI is InChI=1S/C22H20F4N2O/c23-19-7-2-1-6-16(19)21(29)28-20-9-8-15(12-27-20)17-10-13-4-3-5-14(13)11-18(17)22(24,25)26/h1-2,6-9,12-14H,3-5,10-11H2,(H,27,28,29). The van der Waals surface area contributed by atoms with Gasteiger partial charge in [0.05, 0.1) is 5.56 Å². The molecule has 152 valence electrons. The van der Waals surface area contributed by atoms with Crippen LogP contribution in [-0.2, 0) is 0 Å². The van der Waals surface area contributed by atoms with Gasteiger partial charge in [-0.05, 0) is 72.9 Å². The van der Waals surface area contributed by atoms with E-state index < -0.39 is 23.5 Å². The number of allylic oxidation sites excluding steroid dienone is 2. The van der Waals surface area contributed by atoms with Crippen molar-refractivity contribution in [3.05, 3.63) is 65.1 Å². The van der Waals surface area contributed by atoms with Crippen LogP contribution < -0.4 is 5.32 Å². The van der Waals surface area contributed by atoms with Gasteiger partial charge in [0.1, 0.15) is 11.6 Å². The van der Waals surface area contributed by atoms with E-state index in [0.29, 0.717) is 17.6 Å². The van der Waals surface area contributed by atoms with Crippen molar-refractivity contribution >= 4 is 17.3 Å². The molecule has 1 saturated carbocycles. The first-order valence-electron chi connectivity index (χ1n) is 9.64. The van der Waals surface area contributed by atoms with Gasteiger partial charge in [-0.1, -0.05) is 18.6 Å². The molecule has 1 heterocycles. The Kier molecular flexibility index (Phi) is 5.15. The monoisotopic (exact) mass is 404 g/mol. The molecule has 7 heteroatoms. The third kappa shape index (κ3) is 4.04. The van der Waals surface area contributed by atoms with Crippen molar-refractivity contribution in [3.63, 3.8) is 0 Å². The van der Waals surface area contributed by atoms with Crippen LogP contribution in [-0.4, -0.2) is 17.1 Å². The lowest BCUT2D eigenvalue weighted by Gasteiger charge is -2.31. The zero-order chi connectivity index (χ0) is 20.6. The molecule has 0 saturated heterocycles. The van der Waals surface area contributed by atoms with Crippen molar-refractivity contribution in [1.82, 2.24) is 4.98 Å². The van der Waals surface area contributed by atoms with E-state index in [-0.39, 0.29) is 29.6 Å². The molecule has 0 aliphatic heterocycles. The van der Waals surface area contributed by atoms with Crippen LogP contribution in [0.5, 0.6) is 0 Å². The summed E-state index contributed by atoms with van der Waals surface area (Å²) in [7, 11) is 0. The van der Waals surface area contributed by atoms with E-state index in [0.717, 1.165) is 19.3 Å². The highest BCUT2D eigenvalue weighted by atomic mass is 19.4. The van der Waals surface area contributed by atoms with E-state index in [1.807, 2.05) is 0 Å². The highest BCUT2D eigenvalue weighted by molar-refractivity contribution is 6.03. The maximum atomic E-state index is 13.7. The second-order valence-electron chi connectivity index (χ2n) is 7.68. The van der Waals surface area contributed by atoms with Gasteiger partial charge >= 0.3 is 6.18 Å². The van der Waals surface area contributed by atoms with E-state index in [9.17, 15) is 22.4 Å². The van der Waals surface area contributed by atoms with Gasteiger partial charge in [-0.3, -0.25) is 4.79 Å². The molecule has 3 nitrogen and oxygen atoms in total. The predicted molar refractivity (Wildman–Crippen MR) is 102 cm³/mol. The molecular weight excluding hydrogens is 384 g/mol. The highest BCUT2D eigenvalue weighted by Crippen LogP contribution is 2.51. The van der Waals surface area contributed by atoms with Gasteiger partial charge in [-0.25, -0.2) is 9.37 Å². The van der Waals surface area contributed by atoms with Crippen LogP contribution in [0.25, 0.3) is 5.57 Å². The quantitative estimate of drug-likeness (QED) is 0.638. The number of anilines is 1. The molecule has 1 fully saturated rings. The van der Waals surface area contributed by atoms with Gasteiger partial charge in [-0.15, -0.1) is 0 Å². The molecule has 2 aliphatic carbocycles. The Morgan fingerprint density at radius 1 is 1.03 bits per heavy atom. The first-order chi connectivity index (χ1) is 13.8. The van der Waals surface area contributed by atoms with Crippen LogP contribution in [0.15, 0.2) is 48.2 Å². The molecule has 4 rings (SSSR count). The molecule has 2 aromatic rings. The molecule has 0 radical (unpaired) electrons. The minimum absolute atomic E-state index is 0.0648. The number of hydrogen-bond donors (Lipinski definition) is 1. The average molecular weight is 404 g/mol. The maximum Gasteiger partial charge on any atom is 0.412 e. The molecule has 29 heavy (non-hydrogen) atoms. The Morgan fingerprint density at radius 3 is 2.41 bits per heavy atom. The van der Waals surface area contributed by atoms with Crippen LogP contribution in [0.1, 0.15) is 48.0 Å². The van der Waals surface area contributed by atoms with E-state index >= 15 is 0 Å². The Morgan fingerprint density at radius 2 is 1.76 bits per heavy atom. The summed E-state index contributed by atoms with van der Waals surface area (Å²) in [6.07, 6.45) is 0.263. The van der Waals surface area contributed by atoms with Crippen molar-refractivity contribution in [1.29, 1.82) is 0 Å². The number of carbonyl (C=O) groups is 1. The van der Waals surface area contributed by atoms with Crippen LogP contribution in [0.4, 0.5) is 23.4 Å². The first-order valence-corrected chi connectivity index (χ1v) is 9.64. The average Bonchev–Trinajstić information content (AvgIpc) is 3.15. The minimum atomic E-state index is -4.36. The third-order valence-electron chi connectivity index (χ3n) is 5.93. The van der Waals surface area contributed by atoms with Gasteiger partial charge in [0.25, 0.3) is 5.91 Å². The Bertz CT molecular complexity index is 950. The number of nitrogens with zero attached hydrogens (tertiary/aromatic N) is 1. The normalized spacial score (nSPS) is 21.8. The third-order valence-corrected chi connectivity index (χ3v) is 5.93. The van der Waals surface area contributed by atoms with Crippen LogP contribution in [0.2, 0.25) is 0 Å². The highest BCUT2D eigenvalue weighted by Gasteiger charge is 2.43. The predicted octanol–water partition coefficient (Wildman–Crippen LogP) is 6.00. The summed E-state index contributed by atoms with van der Waals surface area (Å²) in [6.45, 7) is 0. The fourth-order valence-electron chi connectivity index (χ4n) is 4.48. The van der Waals surface area contributed by atoms with E-state index in [1.54, 1.807) is 12.1 Å². The number of hydrogen-bond acceptors (Lipinski definition) is 2. The zero-order valence-corrected chi connectivity index (χ0v) is 15.6. The number of aromatic nitrogens is 1. The number of pyridine rings is 1. The van der Waals surface area contributed by atoms with Crippen LogP contribution in [0.3, 0.4) is 0 Å². The van der Waals surface area contributed by atoms with Crippen molar-refractivity contribution < 1.29 is 22.4 Å². The summed E-state index contributed by atoms with van der Waals surface area (Å²) in [4.78, 5) is 16.3. The number of nitrogens with one attached hydrogen (secondary N) is 1. The van der Waals surface area contributed by atoms with Gasteiger partial charge < -0.3 is 5.32 Å². The molecule has 1 aromatic heterocycles. The zero-order valence-electron chi connectivity index (χ0n) is 15.6. The van der Waals surface area contributed by atoms with Crippen molar-refractivity contribution in [2.75, 3.05) is 5.32 Å². The van der Waals surface area contributed by atoms with Gasteiger partial charge in [-0.2, -0.15) is 13.2 Å². The summed E-state index contributed by atoms with van der Waals surface area (Å²) in [6, 6.07) is 8.54. The summed E-state index contributed by atoms with van der Waals surface area (Å²) in [5.74, 6) is -0.759. The molecular formula is C22H20F4N2O. The fourth-order valence-corrected chi connectivity index (χ4v) is 4.48. The lowest BCUT2D eigenvalue weighted by Crippen LogP contribution is -2.24. The topological polar surface area (TPSA) is 42.0 Å². The number of benzene rings is 1. The van der Waals surface area contributed by atoms with E-state index in [2.05, 4.69) is 10.3 Å². The summed E-state index contributed by atoms with van der Waals surface area (Å²) >= 11 is 0. The van der Waals surface area contributed by atoms with E-state index in [4.69, 9.17) is 0 Å². The summed E-state index contributed by atoms with van der Waals surface area (Å²) in [5.41, 5.74) is 0.150. The Hall–Kier alpha value is -2.70. The molecule has 2 aliphatic rings. The maximum absolute atomic E-state index is 13.7. The summed E-state index contributed by atoms with van der Waals surface area (Å²) in [5, 5.41) is 2.48. The largest absolute Gasteiger partial charge is 0.412 e. The lowest BCUT2D eigenvalue weighted by molar-refractivity contribution is -0.0962. The number of alkyl halides is 3. The van der Waals surface area contributed by atoms with Crippen LogP contribution >= 0.6 is 0 Å². The SMILES string of the molecule is O=C(Nc1ccc(C2=C(C(F)(F)F)CC3CCCC3C2)cn1)c1ccccc1F. The minimum Gasteiger partial charge on any atom is -0.306 e. The summed E-state index contributed by atoms with van der Waals surface area (Å²) < 4.78 is 54.6. The molecule has 1 N–H and O–H groups in total. The van der Waals surface area contributed by atoms with Gasteiger partial charge in [0, 0.05) is 11.8 Å². The number of rotatable bonds is 3. The van der Waals surface area contributed by atoms with E-state index in [1.165, 1.54) is 30.5 Å². The molecule has 1 aromatic carbocycles. The Balaban J connectivity index is 1.58. The molecule has 1 amide bonds. The lowest BCUT2D eigenvalue weighted by atomic mass is 9.76. The molecule has 2 unspecified atom stereocenters. The van der Waals surface area contributed by atoms with Crippen molar-refractivity contribution in [2.45, 2.75) is 38.3 Å². The number of amides is 1.